The molecule has 6 nitrogen and oxygen atoms in total. The number of benzene rings is 2. The van der Waals surface area contributed by atoms with Crippen molar-refractivity contribution in [2.75, 3.05) is 0 Å². The molecular weight excluding hydrogens is 360 g/mol. The topological polar surface area (TPSA) is 76.9 Å². The zero-order chi connectivity index (χ0) is 18.9. The molecule has 0 unspecified atom stereocenters. The normalized spacial score (nSPS) is 16.9. The molecule has 0 amide bonds. The number of hydrogen-bond donors (Lipinski definition) is 1. The molecule has 0 fully saturated rings. The van der Waals surface area contributed by atoms with Gasteiger partial charge in [0.1, 0.15) is 5.82 Å². The second-order valence-electron chi connectivity index (χ2n) is 6.73. The molecule has 0 radical (unpaired) electrons. The van der Waals surface area contributed by atoms with Gasteiger partial charge >= 0.3 is 0 Å². The van der Waals surface area contributed by atoms with Crippen LogP contribution in [0.3, 0.4) is 0 Å². The zero-order valence-electron chi connectivity index (χ0n) is 15.2. The van der Waals surface area contributed by atoms with Gasteiger partial charge in [0.2, 0.25) is 10.0 Å². The maximum atomic E-state index is 12.8. The molecule has 1 aromatic heterocycles. The highest BCUT2D eigenvalue weighted by molar-refractivity contribution is 7.89. The molecule has 0 saturated carbocycles. The smallest absolute Gasteiger partial charge is 0.240 e. The second-order valence-corrected chi connectivity index (χ2v) is 8.44. The van der Waals surface area contributed by atoms with Crippen LogP contribution in [0.1, 0.15) is 25.0 Å². The molecule has 0 aliphatic carbocycles. The van der Waals surface area contributed by atoms with E-state index in [4.69, 9.17) is 0 Å². The fourth-order valence-corrected chi connectivity index (χ4v) is 4.61. The van der Waals surface area contributed by atoms with Crippen molar-refractivity contribution in [3.63, 3.8) is 0 Å². The fourth-order valence-electron chi connectivity index (χ4n) is 3.35. The van der Waals surface area contributed by atoms with E-state index in [1.165, 1.54) is 0 Å². The highest BCUT2D eigenvalue weighted by Gasteiger charge is 2.26. The predicted octanol–water partition coefficient (Wildman–Crippen LogP) is 2.80. The molecule has 140 valence electrons. The summed E-state index contributed by atoms with van der Waals surface area (Å²) in [6, 6.07) is 16.7. The summed E-state index contributed by atoms with van der Waals surface area (Å²) in [6.07, 6.45) is 2.24. The largest absolute Gasteiger partial charge is 0.248 e. The molecule has 27 heavy (non-hydrogen) atoms. The lowest BCUT2D eigenvalue weighted by atomic mass is 10.1. The average Bonchev–Trinajstić information content (AvgIpc) is 3.11. The minimum absolute atomic E-state index is 0.178. The van der Waals surface area contributed by atoms with Gasteiger partial charge in [0.05, 0.1) is 11.4 Å². The Morgan fingerprint density at radius 3 is 2.48 bits per heavy atom. The molecule has 4 rings (SSSR count). The summed E-state index contributed by atoms with van der Waals surface area (Å²) >= 11 is 0. The van der Waals surface area contributed by atoms with Gasteiger partial charge in [0, 0.05) is 18.9 Å². The maximum Gasteiger partial charge on any atom is 0.240 e. The van der Waals surface area contributed by atoms with Crippen molar-refractivity contribution < 1.29 is 8.42 Å². The van der Waals surface area contributed by atoms with Crippen LogP contribution >= 0.6 is 0 Å². The number of aromatic nitrogens is 3. The van der Waals surface area contributed by atoms with Gasteiger partial charge in [0.25, 0.3) is 0 Å². The Bertz CT molecular complexity index is 1030. The standard InChI is InChI=1S/C20H22N4O2S/c1-2-19-21-20-13-10-17(14-24(20)22-19)23-27(25,26)18-11-8-16(9-12-18)15-6-4-3-5-7-15/h3-9,11-12,17,23H,2,10,13-14H2,1H3/t17-/m0/s1. The van der Waals surface area contributed by atoms with Crippen LogP contribution in [0.2, 0.25) is 0 Å². The molecule has 1 N–H and O–H groups in total. The van der Waals surface area contributed by atoms with Crippen molar-refractivity contribution >= 4 is 10.0 Å². The summed E-state index contributed by atoms with van der Waals surface area (Å²) in [5.41, 5.74) is 2.05. The Labute approximate surface area is 159 Å². The van der Waals surface area contributed by atoms with E-state index in [0.29, 0.717) is 6.54 Å². The molecule has 1 aliphatic rings. The minimum atomic E-state index is -3.57. The molecular formula is C20H22N4O2S. The van der Waals surface area contributed by atoms with E-state index in [-0.39, 0.29) is 10.9 Å². The summed E-state index contributed by atoms with van der Waals surface area (Å²) in [6.45, 7) is 2.53. The van der Waals surface area contributed by atoms with Crippen LogP contribution in [0.4, 0.5) is 0 Å². The van der Waals surface area contributed by atoms with Gasteiger partial charge in [-0.15, -0.1) is 0 Å². The Morgan fingerprint density at radius 1 is 1.07 bits per heavy atom. The van der Waals surface area contributed by atoms with E-state index >= 15 is 0 Å². The lowest BCUT2D eigenvalue weighted by molar-refractivity contribution is 0.394. The van der Waals surface area contributed by atoms with Gasteiger partial charge in [-0.1, -0.05) is 49.4 Å². The SMILES string of the molecule is CCc1nc2n(n1)C[C@@H](NS(=O)(=O)c1ccc(-c3ccccc3)cc1)CC2. The molecule has 3 aromatic rings. The number of sulfonamides is 1. The number of nitrogens with one attached hydrogen (secondary N) is 1. The van der Waals surface area contributed by atoms with Crippen molar-refractivity contribution in [1.82, 2.24) is 19.5 Å². The molecule has 2 aromatic carbocycles. The summed E-state index contributed by atoms with van der Waals surface area (Å²) < 4.78 is 30.2. The van der Waals surface area contributed by atoms with E-state index in [0.717, 1.165) is 42.0 Å². The summed E-state index contributed by atoms with van der Waals surface area (Å²) in [7, 11) is -3.57. The van der Waals surface area contributed by atoms with Crippen molar-refractivity contribution in [3.8, 4) is 11.1 Å². The lowest BCUT2D eigenvalue weighted by Crippen LogP contribution is -2.41. The Morgan fingerprint density at radius 2 is 1.78 bits per heavy atom. The predicted molar refractivity (Wildman–Crippen MR) is 104 cm³/mol. The summed E-state index contributed by atoms with van der Waals surface area (Å²) in [4.78, 5) is 4.75. The van der Waals surface area contributed by atoms with Gasteiger partial charge in [-0.05, 0) is 29.7 Å². The fraction of sp³-hybridized carbons (Fsp3) is 0.300. The number of aryl methyl sites for hydroxylation is 2. The average molecular weight is 382 g/mol. The maximum absolute atomic E-state index is 12.8. The number of fused-ring (bicyclic) bond motifs is 1. The highest BCUT2D eigenvalue weighted by atomic mass is 32.2. The van der Waals surface area contributed by atoms with E-state index in [1.807, 2.05) is 54.1 Å². The zero-order valence-corrected chi connectivity index (χ0v) is 16.0. The first kappa shape index (κ1) is 17.9. The first-order valence-corrected chi connectivity index (χ1v) is 10.6. The van der Waals surface area contributed by atoms with Crippen molar-refractivity contribution in [2.24, 2.45) is 0 Å². The molecule has 0 spiro atoms. The van der Waals surface area contributed by atoms with E-state index in [1.54, 1.807) is 12.1 Å². The van der Waals surface area contributed by atoms with Crippen LogP contribution in [-0.4, -0.2) is 29.2 Å². The second kappa shape index (κ2) is 7.25. The Hall–Kier alpha value is -2.51. The van der Waals surface area contributed by atoms with E-state index in [9.17, 15) is 8.42 Å². The van der Waals surface area contributed by atoms with Gasteiger partial charge in [0.15, 0.2) is 5.82 Å². The van der Waals surface area contributed by atoms with Crippen molar-refractivity contribution in [2.45, 2.75) is 43.7 Å². The highest BCUT2D eigenvalue weighted by Crippen LogP contribution is 2.22. The molecule has 7 heteroatoms. The van der Waals surface area contributed by atoms with Gasteiger partial charge in [-0.2, -0.15) is 5.10 Å². The van der Waals surface area contributed by atoms with Gasteiger partial charge in [-0.25, -0.2) is 22.8 Å². The third-order valence-corrected chi connectivity index (χ3v) is 6.35. The minimum Gasteiger partial charge on any atom is -0.248 e. The lowest BCUT2D eigenvalue weighted by Gasteiger charge is -2.23. The van der Waals surface area contributed by atoms with Crippen LogP contribution in [-0.2, 0) is 29.4 Å². The van der Waals surface area contributed by atoms with E-state index in [2.05, 4.69) is 14.8 Å². The van der Waals surface area contributed by atoms with E-state index < -0.39 is 10.0 Å². The monoisotopic (exact) mass is 382 g/mol. The third-order valence-electron chi connectivity index (χ3n) is 4.81. The third kappa shape index (κ3) is 3.79. The van der Waals surface area contributed by atoms with Crippen LogP contribution in [0.25, 0.3) is 11.1 Å². The molecule has 0 saturated heterocycles. The first-order valence-electron chi connectivity index (χ1n) is 9.15. The molecule has 2 heterocycles. The van der Waals surface area contributed by atoms with Gasteiger partial charge in [-0.3, -0.25) is 0 Å². The molecule has 1 atom stereocenters. The summed E-state index contributed by atoms with van der Waals surface area (Å²) in [5, 5.41) is 4.44. The number of rotatable bonds is 5. The number of nitrogens with zero attached hydrogens (tertiary/aromatic N) is 3. The summed E-state index contributed by atoms with van der Waals surface area (Å²) in [5.74, 6) is 1.75. The molecule has 1 aliphatic heterocycles. The van der Waals surface area contributed by atoms with Gasteiger partial charge < -0.3 is 0 Å². The van der Waals surface area contributed by atoms with Crippen LogP contribution in [0.5, 0.6) is 0 Å². The van der Waals surface area contributed by atoms with Crippen molar-refractivity contribution in [1.29, 1.82) is 0 Å². The quantitative estimate of drug-likeness (QED) is 0.736. The van der Waals surface area contributed by atoms with Crippen LogP contribution in [0, 0.1) is 0 Å². The number of hydrogen-bond acceptors (Lipinski definition) is 4. The Kier molecular flexibility index (Phi) is 4.80. The van der Waals surface area contributed by atoms with Crippen LogP contribution in [0.15, 0.2) is 59.5 Å². The molecule has 0 bridgehead atoms. The van der Waals surface area contributed by atoms with Crippen molar-refractivity contribution in [3.05, 3.63) is 66.2 Å². The van der Waals surface area contributed by atoms with Crippen LogP contribution < -0.4 is 4.72 Å². The Balaban J connectivity index is 1.49. The first-order chi connectivity index (χ1) is 13.0.